The fraction of sp³-hybridized carbons (Fsp3) is 0.619. The minimum atomic E-state index is 0.00520. The topological polar surface area (TPSA) is 37.4 Å². The molecule has 3 aliphatic carbocycles. The van der Waals surface area contributed by atoms with E-state index in [-0.39, 0.29) is 11.3 Å². The number of hydrogen-bond donors (Lipinski definition) is 0. The fourth-order valence-corrected chi connectivity index (χ4v) is 5.96. The van der Waals surface area contributed by atoms with Crippen molar-refractivity contribution in [3.8, 4) is 0 Å². The molecule has 0 N–H and O–H groups in total. The van der Waals surface area contributed by atoms with Crippen molar-refractivity contribution in [1.82, 2.24) is 4.90 Å². The number of carbonyl (C=O) groups excluding carboxylic acids is 2. The van der Waals surface area contributed by atoms with Gasteiger partial charge < -0.3 is 4.90 Å². The van der Waals surface area contributed by atoms with Crippen LogP contribution in [-0.2, 0) is 21.4 Å². The first kappa shape index (κ1) is 14.7. The average molecular weight is 323 g/mol. The van der Waals surface area contributed by atoms with Gasteiger partial charge in [0.05, 0.1) is 0 Å². The second kappa shape index (κ2) is 5.18. The van der Waals surface area contributed by atoms with Crippen molar-refractivity contribution in [2.45, 2.75) is 62.8 Å². The summed E-state index contributed by atoms with van der Waals surface area (Å²) in [5.41, 5.74) is 2.79. The smallest absolute Gasteiger partial charge is 0.225 e. The summed E-state index contributed by atoms with van der Waals surface area (Å²) in [6.07, 6.45) is 7.67. The van der Waals surface area contributed by atoms with Crippen LogP contribution in [0.3, 0.4) is 0 Å². The highest BCUT2D eigenvalue weighted by atomic mass is 16.2. The molecular weight excluding hydrogens is 298 g/mol. The van der Waals surface area contributed by atoms with Gasteiger partial charge in [0.1, 0.15) is 5.78 Å². The molecule has 3 nitrogen and oxygen atoms in total. The van der Waals surface area contributed by atoms with E-state index in [0.717, 1.165) is 38.6 Å². The number of piperidine rings is 1. The summed E-state index contributed by atoms with van der Waals surface area (Å²) in [6.45, 7) is 0.845. The van der Waals surface area contributed by atoms with Gasteiger partial charge in [-0.25, -0.2) is 0 Å². The molecule has 0 spiro atoms. The second-order valence-corrected chi connectivity index (χ2v) is 8.35. The number of likely N-dealkylation sites (tertiary alicyclic amines) is 1. The van der Waals surface area contributed by atoms with Gasteiger partial charge >= 0.3 is 0 Å². The molecule has 1 aliphatic heterocycles. The molecule has 0 unspecified atom stereocenters. The standard InChI is InChI=1S/C21H25NO2/c23-16-8-9-18-19-12-15-4-1-2-7-17(15)21(18,13-16)10-11-22(19)20(24)14-5-3-6-14/h1-2,4,7,14,18-19H,3,5-6,8-13H2/t18-,19+,21+/m0/s1. The molecule has 4 aliphatic rings. The first-order chi connectivity index (χ1) is 11.7. The van der Waals surface area contributed by atoms with E-state index < -0.39 is 0 Å². The van der Waals surface area contributed by atoms with Crippen LogP contribution in [0.4, 0.5) is 0 Å². The maximum atomic E-state index is 13.0. The molecule has 2 saturated carbocycles. The third-order valence-electron chi connectivity index (χ3n) is 7.34. The largest absolute Gasteiger partial charge is 0.339 e. The maximum Gasteiger partial charge on any atom is 0.225 e. The molecule has 3 atom stereocenters. The fourth-order valence-electron chi connectivity index (χ4n) is 5.96. The number of fused-ring (bicyclic) bond motifs is 1. The van der Waals surface area contributed by atoms with E-state index in [1.54, 1.807) is 0 Å². The van der Waals surface area contributed by atoms with Crippen LogP contribution in [0.25, 0.3) is 0 Å². The number of carbonyl (C=O) groups is 2. The molecule has 0 radical (unpaired) electrons. The highest BCUT2D eigenvalue weighted by molar-refractivity contribution is 5.83. The van der Waals surface area contributed by atoms with Crippen molar-refractivity contribution in [1.29, 1.82) is 0 Å². The van der Waals surface area contributed by atoms with Crippen LogP contribution < -0.4 is 0 Å². The van der Waals surface area contributed by atoms with Gasteiger partial charge in [-0.2, -0.15) is 0 Å². The van der Waals surface area contributed by atoms with Crippen molar-refractivity contribution in [2.75, 3.05) is 6.54 Å². The van der Waals surface area contributed by atoms with Crippen LogP contribution in [0.2, 0.25) is 0 Å². The van der Waals surface area contributed by atoms with Crippen molar-refractivity contribution >= 4 is 11.7 Å². The number of Topliss-reactive ketones (excluding diaryl/α,β-unsaturated/α-hetero) is 1. The van der Waals surface area contributed by atoms with Gasteiger partial charge in [0.25, 0.3) is 0 Å². The quantitative estimate of drug-likeness (QED) is 0.795. The Morgan fingerprint density at radius 3 is 2.79 bits per heavy atom. The molecule has 5 rings (SSSR count). The number of ketones is 1. The molecule has 1 saturated heterocycles. The molecule has 1 amide bonds. The predicted molar refractivity (Wildman–Crippen MR) is 91.6 cm³/mol. The molecule has 0 aromatic heterocycles. The lowest BCUT2D eigenvalue weighted by atomic mass is 9.52. The number of hydrogen-bond acceptors (Lipinski definition) is 2. The molecule has 1 heterocycles. The third-order valence-corrected chi connectivity index (χ3v) is 7.34. The second-order valence-electron chi connectivity index (χ2n) is 8.35. The highest BCUT2D eigenvalue weighted by Gasteiger charge is 2.56. The Hall–Kier alpha value is -1.64. The van der Waals surface area contributed by atoms with Gasteiger partial charge in [-0.05, 0) is 49.1 Å². The molecule has 1 aromatic carbocycles. The Morgan fingerprint density at radius 2 is 2.00 bits per heavy atom. The Kier molecular flexibility index (Phi) is 3.17. The minimum absolute atomic E-state index is 0.00520. The van der Waals surface area contributed by atoms with E-state index in [1.165, 1.54) is 17.5 Å². The zero-order valence-electron chi connectivity index (χ0n) is 14.2. The van der Waals surface area contributed by atoms with E-state index in [1.807, 2.05) is 0 Å². The monoisotopic (exact) mass is 323 g/mol. The summed E-state index contributed by atoms with van der Waals surface area (Å²) in [5, 5.41) is 0. The van der Waals surface area contributed by atoms with Gasteiger partial charge in [0.15, 0.2) is 0 Å². The van der Waals surface area contributed by atoms with E-state index in [2.05, 4.69) is 29.2 Å². The molecular formula is C21H25NO2. The first-order valence-electron chi connectivity index (χ1n) is 9.60. The Morgan fingerprint density at radius 1 is 1.17 bits per heavy atom. The summed E-state index contributed by atoms with van der Waals surface area (Å²) in [6, 6.07) is 9.01. The summed E-state index contributed by atoms with van der Waals surface area (Å²) < 4.78 is 0. The Labute approximate surface area is 143 Å². The normalized spacial score (nSPS) is 35.0. The lowest BCUT2D eigenvalue weighted by Crippen LogP contribution is -2.64. The van der Waals surface area contributed by atoms with Crippen LogP contribution in [-0.4, -0.2) is 29.2 Å². The highest BCUT2D eigenvalue weighted by Crippen LogP contribution is 2.55. The van der Waals surface area contributed by atoms with E-state index in [0.29, 0.717) is 36.5 Å². The zero-order valence-corrected chi connectivity index (χ0v) is 14.2. The summed E-state index contributed by atoms with van der Waals surface area (Å²) >= 11 is 0. The summed E-state index contributed by atoms with van der Waals surface area (Å²) in [7, 11) is 0. The SMILES string of the molecule is O=C1CC[C@H]2[C@H]3Cc4ccccc4[C@@]2(CCN3C(=O)C2CCC2)C1. The Balaban J connectivity index is 1.57. The van der Waals surface area contributed by atoms with Crippen molar-refractivity contribution in [2.24, 2.45) is 11.8 Å². The van der Waals surface area contributed by atoms with Crippen LogP contribution in [0.15, 0.2) is 24.3 Å². The van der Waals surface area contributed by atoms with Crippen LogP contribution in [0.5, 0.6) is 0 Å². The Bertz CT molecular complexity index is 708. The van der Waals surface area contributed by atoms with Gasteiger partial charge in [0.2, 0.25) is 5.91 Å². The molecule has 3 fully saturated rings. The first-order valence-corrected chi connectivity index (χ1v) is 9.60. The molecule has 3 heteroatoms. The van der Waals surface area contributed by atoms with Gasteiger partial charge in [-0.15, -0.1) is 0 Å². The molecule has 1 aromatic rings. The molecule has 2 bridgehead atoms. The van der Waals surface area contributed by atoms with Gasteiger partial charge in [0, 0.05) is 36.8 Å². The van der Waals surface area contributed by atoms with Crippen molar-refractivity contribution in [3.05, 3.63) is 35.4 Å². The zero-order chi connectivity index (χ0) is 16.3. The lowest BCUT2D eigenvalue weighted by Gasteiger charge is -2.59. The minimum Gasteiger partial charge on any atom is -0.339 e. The number of nitrogens with zero attached hydrogens (tertiary/aromatic N) is 1. The van der Waals surface area contributed by atoms with Crippen molar-refractivity contribution in [3.63, 3.8) is 0 Å². The van der Waals surface area contributed by atoms with E-state index >= 15 is 0 Å². The number of amides is 1. The third kappa shape index (κ3) is 1.90. The lowest BCUT2D eigenvalue weighted by molar-refractivity contribution is -0.148. The van der Waals surface area contributed by atoms with Gasteiger partial charge in [-0.1, -0.05) is 30.7 Å². The van der Waals surface area contributed by atoms with Crippen LogP contribution in [0, 0.1) is 11.8 Å². The van der Waals surface area contributed by atoms with Crippen LogP contribution in [0.1, 0.15) is 56.1 Å². The van der Waals surface area contributed by atoms with E-state index in [4.69, 9.17) is 0 Å². The number of rotatable bonds is 1. The summed E-state index contributed by atoms with van der Waals surface area (Å²) in [5.74, 6) is 1.57. The average Bonchev–Trinajstić information content (AvgIpc) is 2.52. The molecule has 126 valence electrons. The number of benzene rings is 1. The maximum absolute atomic E-state index is 13.0. The van der Waals surface area contributed by atoms with Gasteiger partial charge in [-0.3, -0.25) is 9.59 Å². The van der Waals surface area contributed by atoms with Crippen molar-refractivity contribution < 1.29 is 9.59 Å². The van der Waals surface area contributed by atoms with Crippen LogP contribution >= 0.6 is 0 Å². The predicted octanol–water partition coefficient (Wildman–Crippen LogP) is 3.25. The summed E-state index contributed by atoms with van der Waals surface area (Å²) in [4.78, 5) is 27.5. The molecule has 24 heavy (non-hydrogen) atoms. The van der Waals surface area contributed by atoms with E-state index in [9.17, 15) is 9.59 Å².